The van der Waals surface area contributed by atoms with Crippen molar-refractivity contribution in [1.82, 2.24) is 0 Å². The predicted octanol–water partition coefficient (Wildman–Crippen LogP) is 4.20. The van der Waals surface area contributed by atoms with Crippen molar-refractivity contribution in [3.8, 4) is 11.5 Å². The average molecular weight is 298 g/mol. The Hall–Kier alpha value is -2.14. The number of rotatable bonds is 3. The molecule has 0 aliphatic carbocycles. The molecule has 0 atom stereocenters. The summed E-state index contributed by atoms with van der Waals surface area (Å²) < 4.78 is 32.0. The predicted molar refractivity (Wildman–Crippen MR) is 72.3 cm³/mol. The van der Waals surface area contributed by atoms with E-state index in [1.165, 1.54) is 25.1 Å². The quantitative estimate of drug-likeness (QED) is 0.525. The Bertz CT molecular complexity index is 689. The number of hydrogen-bond donors (Lipinski definition) is 1. The van der Waals surface area contributed by atoms with Crippen molar-refractivity contribution >= 4 is 23.1 Å². The van der Waals surface area contributed by atoms with Gasteiger partial charge in [0.2, 0.25) is 0 Å². The third-order valence-corrected chi connectivity index (χ3v) is 2.99. The SMILES string of the molecule is CC(=O)c1ccc(N)c(Oc2ccc(F)c(Cl)c2F)c1. The Balaban J connectivity index is 2.42. The molecule has 104 valence electrons. The summed E-state index contributed by atoms with van der Waals surface area (Å²) in [7, 11) is 0. The van der Waals surface area contributed by atoms with Gasteiger partial charge >= 0.3 is 0 Å². The van der Waals surface area contributed by atoms with Gasteiger partial charge in [0.15, 0.2) is 23.1 Å². The largest absolute Gasteiger partial charge is 0.452 e. The second-order valence-corrected chi connectivity index (χ2v) is 4.46. The van der Waals surface area contributed by atoms with Crippen LogP contribution >= 0.6 is 11.6 Å². The van der Waals surface area contributed by atoms with Crippen LogP contribution in [0, 0.1) is 11.6 Å². The number of halogens is 3. The molecule has 0 saturated heterocycles. The third kappa shape index (κ3) is 2.72. The number of nitrogens with two attached hydrogens (primary N) is 1. The molecule has 2 rings (SSSR count). The van der Waals surface area contributed by atoms with Crippen LogP contribution in [0.25, 0.3) is 0 Å². The molecule has 0 heterocycles. The fraction of sp³-hybridized carbons (Fsp3) is 0.0714. The van der Waals surface area contributed by atoms with Gasteiger partial charge in [0.25, 0.3) is 0 Å². The van der Waals surface area contributed by atoms with Gasteiger partial charge in [-0.2, -0.15) is 0 Å². The summed E-state index contributed by atoms with van der Waals surface area (Å²) in [5.41, 5.74) is 6.27. The van der Waals surface area contributed by atoms with Gasteiger partial charge in [0, 0.05) is 5.56 Å². The molecule has 20 heavy (non-hydrogen) atoms. The lowest BCUT2D eigenvalue weighted by Gasteiger charge is -2.11. The van der Waals surface area contributed by atoms with E-state index in [4.69, 9.17) is 22.1 Å². The zero-order valence-corrected chi connectivity index (χ0v) is 11.2. The van der Waals surface area contributed by atoms with Crippen molar-refractivity contribution in [2.75, 3.05) is 5.73 Å². The number of carbonyl (C=O) groups excluding carboxylic acids is 1. The van der Waals surface area contributed by atoms with E-state index in [2.05, 4.69) is 0 Å². The van der Waals surface area contributed by atoms with Crippen molar-refractivity contribution in [2.24, 2.45) is 0 Å². The Kier molecular flexibility index (Phi) is 3.90. The topological polar surface area (TPSA) is 52.3 Å². The fourth-order valence-corrected chi connectivity index (χ4v) is 1.70. The zero-order valence-electron chi connectivity index (χ0n) is 10.4. The average Bonchev–Trinajstić information content (AvgIpc) is 2.41. The van der Waals surface area contributed by atoms with Gasteiger partial charge < -0.3 is 10.5 Å². The molecule has 3 nitrogen and oxygen atoms in total. The molecule has 0 saturated carbocycles. The lowest BCUT2D eigenvalue weighted by Crippen LogP contribution is -1.98. The summed E-state index contributed by atoms with van der Waals surface area (Å²) in [6.45, 7) is 1.38. The number of hydrogen-bond acceptors (Lipinski definition) is 3. The van der Waals surface area contributed by atoms with Crippen LogP contribution in [0.2, 0.25) is 5.02 Å². The molecule has 0 aliphatic heterocycles. The maximum Gasteiger partial charge on any atom is 0.187 e. The Morgan fingerprint density at radius 1 is 1.20 bits per heavy atom. The van der Waals surface area contributed by atoms with E-state index in [1.54, 1.807) is 0 Å². The van der Waals surface area contributed by atoms with E-state index in [1.807, 2.05) is 0 Å². The normalized spacial score (nSPS) is 10.4. The van der Waals surface area contributed by atoms with Crippen LogP contribution in [-0.4, -0.2) is 5.78 Å². The molecular formula is C14H10ClF2NO2. The van der Waals surface area contributed by atoms with Crippen molar-refractivity contribution in [3.05, 3.63) is 52.6 Å². The van der Waals surface area contributed by atoms with Gasteiger partial charge in [-0.3, -0.25) is 4.79 Å². The Labute approximate surface area is 118 Å². The number of ether oxygens (including phenoxy) is 1. The van der Waals surface area contributed by atoms with Crippen LogP contribution in [0.3, 0.4) is 0 Å². The molecule has 0 aliphatic rings. The minimum absolute atomic E-state index is 0.0966. The van der Waals surface area contributed by atoms with Crippen LogP contribution < -0.4 is 10.5 Å². The summed E-state index contributed by atoms with van der Waals surface area (Å²) in [6.07, 6.45) is 0. The summed E-state index contributed by atoms with van der Waals surface area (Å²) in [5.74, 6) is -2.28. The molecule has 2 aromatic carbocycles. The van der Waals surface area contributed by atoms with Crippen LogP contribution in [0.4, 0.5) is 14.5 Å². The van der Waals surface area contributed by atoms with Gasteiger partial charge in [-0.25, -0.2) is 8.78 Å². The molecule has 2 N–H and O–H groups in total. The van der Waals surface area contributed by atoms with E-state index < -0.39 is 16.7 Å². The van der Waals surface area contributed by atoms with Gasteiger partial charge in [-0.05, 0) is 37.3 Å². The summed E-state index contributed by atoms with van der Waals surface area (Å²) in [5, 5.41) is -0.663. The van der Waals surface area contributed by atoms with Crippen molar-refractivity contribution in [3.63, 3.8) is 0 Å². The van der Waals surface area contributed by atoms with Gasteiger partial charge in [0.05, 0.1) is 5.69 Å². The van der Waals surface area contributed by atoms with Crippen molar-refractivity contribution in [1.29, 1.82) is 0 Å². The molecule has 0 spiro atoms. The monoisotopic (exact) mass is 297 g/mol. The standard InChI is InChI=1S/C14H10ClF2NO2/c1-7(19)8-2-4-10(18)12(6-8)20-11-5-3-9(16)13(15)14(11)17/h2-6H,18H2,1H3. The summed E-state index contributed by atoms with van der Waals surface area (Å²) in [6, 6.07) is 6.45. The highest BCUT2D eigenvalue weighted by atomic mass is 35.5. The molecule has 2 aromatic rings. The highest BCUT2D eigenvalue weighted by molar-refractivity contribution is 6.31. The molecular weight excluding hydrogens is 288 g/mol. The van der Waals surface area contributed by atoms with Crippen molar-refractivity contribution < 1.29 is 18.3 Å². The van der Waals surface area contributed by atoms with Crippen LogP contribution in [0.5, 0.6) is 11.5 Å². The number of ketones is 1. The molecule has 0 amide bonds. The van der Waals surface area contributed by atoms with E-state index >= 15 is 0 Å². The Morgan fingerprint density at radius 3 is 2.55 bits per heavy atom. The number of carbonyl (C=O) groups is 1. The Morgan fingerprint density at radius 2 is 1.90 bits per heavy atom. The highest BCUT2D eigenvalue weighted by Crippen LogP contribution is 2.33. The number of nitrogen functional groups attached to an aromatic ring is 1. The van der Waals surface area contributed by atoms with E-state index in [0.717, 1.165) is 12.1 Å². The first-order valence-corrected chi connectivity index (χ1v) is 5.99. The maximum absolute atomic E-state index is 13.7. The zero-order chi connectivity index (χ0) is 14.9. The lowest BCUT2D eigenvalue weighted by molar-refractivity contribution is 0.101. The number of benzene rings is 2. The van der Waals surface area contributed by atoms with Crippen LogP contribution in [0.1, 0.15) is 17.3 Å². The smallest absolute Gasteiger partial charge is 0.187 e. The third-order valence-electron chi connectivity index (χ3n) is 2.64. The summed E-state index contributed by atoms with van der Waals surface area (Å²) in [4.78, 5) is 11.3. The molecule has 0 aromatic heterocycles. The molecule has 0 bridgehead atoms. The second kappa shape index (κ2) is 5.46. The fourth-order valence-electron chi connectivity index (χ4n) is 1.55. The highest BCUT2D eigenvalue weighted by Gasteiger charge is 2.15. The van der Waals surface area contributed by atoms with Crippen LogP contribution in [0.15, 0.2) is 30.3 Å². The number of Topliss-reactive ketones (excluding diaryl/α,β-unsaturated/α-hetero) is 1. The number of anilines is 1. The minimum atomic E-state index is -1.03. The van der Waals surface area contributed by atoms with Gasteiger partial charge in [-0.15, -0.1) is 0 Å². The van der Waals surface area contributed by atoms with Crippen LogP contribution in [-0.2, 0) is 0 Å². The second-order valence-electron chi connectivity index (χ2n) is 4.08. The molecule has 0 unspecified atom stereocenters. The lowest BCUT2D eigenvalue weighted by atomic mass is 10.1. The van der Waals surface area contributed by atoms with E-state index in [9.17, 15) is 13.6 Å². The molecule has 0 fully saturated rings. The van der Waals surface area contributed by atoms with E-state index in [0.29, 0.717) is 5.56 Å². The van der Waals surface area contributed by atoms with Gasteiger partial charge in [-0.1, -0.05) is 11.6 Å². The maximum atomic E-state index is 13.7. The first-order chi connectivity index (χ1) is 9.40. The first kappa shape index (κ1) is 14.3. The van der Waals surface area contributed by atoms with E-state index in [-0.39, 0.29) is 23.0 Å². The minimum Gasteiger partial charge on any atom is -0.452 e. The van der Waals surface area contributed by atoms with Gasteiger partial charge in [0.1, 0.15) is 10.8 Å². The molecule has 6 heteroatoms. The van der Waals surface area contributed by atoms with Crippen molar-refractivity contribution in [2.45, 2.75) is 6.92 Å². The molecule has 0 radical (unpaired) electrons. The first-order valence-electron chi connectivity index (χ1n) is 5.62. The summed E-state index contributed by atoms with van der Waals surface area (Å²) >= 11 is 5.46.